The molecule has 0 saturated heterocycles. The minimum absolute atomic E-state index is 0.234. The van der Waals surface area contributed by atoms with Crippen LogP contribution in [0.5, 0.6) is 0 Å². The number of aromatic nitrogens is 2. The van der Waals surface area contributed by atoms with Crippen LogP contribution in [0.4, 0.5) is 4.39 Å². The Balaban J connectivity index is 2.31. The molecule has 0 saturated carbocycles. The molecule has 0 amide bonds. The lowest BCUT2D eigenvalue weighted by Gasteiger charge is -2.13. The van der Waals surface area contributed by atoms with Gasteiger partial charge in [-0.2, -0.15) is 5.10 Å². The highest BCUT2D eigenvalue weighted by Gasteiger charge is 2.17. The first-order valence-electron chi connectivity index (χ1n) is 7.14. The number of benzene rings is 1. The van der Waals surface area contributed by atoms with Gasteiger partial charge in [-0.25, -0.2) is 4.39 Å². The van der Waals surface area contributed by atoms with Gasteiger partial charge >= 0.3 is 0 Å². The molecule has 3 nitrogen and oxygen atoms in total. The smallest absolute Gasteiger partial charge is 0.124 e. The van der Waals surface area contributed by atoms with Gasteiger partial charge in [0.25, 0.3) is 0 Å². The average Bonchev–Trinajstić information content (AvgIpc) is 2.63. The van der Waals surface area contributed by atoms with Gasteiger partial charge in [0.1, 0.15) is 5.82 Å². The highest BCUT2D eigenvalue weighted by molar-refractivity contribution is 9.10. The van der Waals surface area contributed by atoms with E-state index in [-0.39, 0.29) is 11.9 Å². The first-order valence-corrected chi connectivity index (χ1v) is 7.94. The molecule has 1 aromatic heterocycles. The molecule has 114 valence electrons. The second-order valence-corrected chi connectivity index (χ2v) is 6.21. The maximum Gasteiger partial charge on any atom is 0.124 e. The number of rotatable bonds is 5. The molecule has 0 spiro atoms. The normalized spacial score (nSPS) is 12.7. The van der Waals surface area contributed by atoms with Gasteiger partial charge in [0.05, 0.1) is 12.2 Å². The third kappa shape index (κ3) is 3.71. The zero-order valence-corrected chi connectivity index (χ0v) is 14.5. The van der Waals surface area contributed by atoms with E-state index < -0.39 is 0 Å². The summed E-state index contributed by atoms with van der Waals surface area (Å²) in [6, 6.07) is 5.20. The van der Waals surface area contributed by atoms with E-state index in [1.54, 1.807) is 6.07 Å². The molecular weight excluding hydrogens is 333 g/mol. The fourth-order valence-electron chi connectivity index (χ4n) is 2.77. The monoisotopic (exact) mass is 353 g/mol. The van der Waals surface area contributed by atoms with Gasteiger partial charge in [0, 0.05) is 21.8 Å². The predicted molar refractivity (Wildman–Crippen MR) is 87.0 cm³/mol. The zero-order chi connectivity index (χ0) is 15.6. The molecule has 2 rings (SSSR count). The van der Waals surface area contributed by atoms with Crippen LogP contribution >= 0.6 is 15.9 Å². The Bertz CT molecular complexity index is 616. The van der Waals surface area contributed by atoms with Crippen LogP contribution < -0.4 is 5.32 Å². The summed E-state index contributed by atoms with van der Waals surface area (Å²) in [4.78, 5) is 0. The molecule has 0 bridgehead atoms. The van der Waals surface area contributed by atoms with E-state index in [0.717, 1.165) is 28.0 Å². The van der Waals surface area contributed by atoms with Gasteiger partial charge in [-0.1, -0.05) is 22.9 Å². The van der Waals surface area contributed by atoms with Crippen LogP contribution in [0.1, 0.15) is 42.4 Å². The number of halogens is 2. The fourth-order valence-corrected chi connectivity index (χ4v) is 3.29. The summed E-state index contributed by atoms with van der Waals surface area (Å²) in [5.41, 5.74) is 4.28. The van der Waals surface area contributed by atoms with Gasteiger partial charge in [0.15, 0.2) is 0 Å². The number of aryl methyl sites for hydroxylation is 1. The van der Waals surface area contributed by atoms with E-state index in [4.69, 9.17) is 0 Å². The predicted octanol–water partition coefficient (Wildman–Crippen LogP) is 4.12. The topological polar surface area (TPSA) is 29.9 Å². The van der Waals surface area contributed by atoms with Crippen molar-refractivity contribution < 1.29 is 4.39 Å². The van der Waals surface area contributed by atoms with Crippen molar-refractivity contribution in [3.63, 3.8) is 0 Å². The largest absolute Gasteiger partial charge is 0.310 e. The molecule has 1 aromatic carbocycles. The van der Waals surface area contributed by atoms with E-state index in [1.807, 2.05) is 17.7 Å². The maximum atomic E-state index is 13.5. The molecule has 0 fully saturated rings. The number of nitrogens with one attached hydrogen (secondary N) is 1. The van der Waals surface area contributed by atoms with Crippen molar-refractivity contribution in [3.05, 3.63) is 51.0 Å². The van der Waals surface area contributed by atoms with Gasteiger partial charge in [-0.15, -0.1) is 0 Å². The maximum absolute atomic E-state index is 13.5. The Hall–Kier alpha value is -1.20. The lowest BCUT2D eigenvalue weighted by atomic mass is 10.1. The summed E-state index contributed by atoms with van der Waals surface area (Å²) in [7, 11) is 0. The SMILES string of the molecule is CCNC(C)c1c(C)nn(Cc2cc(F)cc(Br)c2)c1C. The standard InChI is InChI=1S/C16H21BrFN3/c1-5-19-10(2)16-11(3)20-21(12(16)4)9-13-6-14(17)8-15(18)7-13/h6-8,10,19H,5,9H2,1-4H3. The third-order valence-corrected chi connectivity index (χ3v) is 4.09. The Morgan fingerprint density at radius 1 is 1.33 bits per heavy atom. The van der Waals surface area contributed by atoms with Crippen LogP contribution in [-0.4, -0.2) is 16.3 Å². The molecule has 1 N–H and O–H groups in total. The highest BCUT2D eigenvalue weighted by Crippen LogP contribution is 2.23. The van der Waals surface area contributed by atoms with Gasteiger partial charge in [-0.05, 0) is 51.1 Å². The summed E-state index contributed by atoms with van der Waals surface area (Å²) in [5.74, 6) is -0.234. The highest BCUT2D eigenvalue weighted by atomic mass is 79.9. The molecule has 21 heavy (non-hydrogen) atoms. The molecule has 1 unspecified atom stereocenters. The van der Waals surface area contributed by atoms with E-state index >= 15 is 0 Å². The van der Waals surface area contributed by atoms with Crippen molar-refractivity contribution in [2.24, 2.45) is 0 Å². The molecular formula is C16H21BrFN3. The van der Waals surface area contributed by atoms with E-state index in [1.165, 1.54) is 11.6 Å². The first kappa shape index (κ1) is 16.2. The summed E-state index contributed by atoms with van der Waals surface area (Å²) in [5, 5.41) is 8.03. The van der Waals surface area contributed by atoms with Crippen molar-refractivity contribution in [2.75, 3.05) is 6.54 Å². The molecule has 0 radical (unpaired) electrons. The van der Waals surface area contributed by atoms with Crippen LogP contribution in [0.3, 0.4) is 0 Å². The second-order valence-electron chi connectivity index (χ2n) is 5.30. The number of nitrogens with zero attached hydrogens (tertiary/aromatic N) is 2. The summed E-state index contributed by atoms with van der Waals surface area (Å²) in [6.07, 6.45) is 0. The van der Waals surface area contributed by atoms with E-state index in [0.29, 0.717) is 6.54 Å². The van der Waals surface area contributed by atoms with Crippen molar-refractivity contribution >= 4 is 15.9 Å². The van der Waals surface area contributed by atoms with Gasteiger partial charge in [0.2, 0.25) is 0 Å². The minimum atomic E-state index is -0.234. The van der Waals surface area contributed by atoms with Crippen LogP contribution in [0.15, 0.2) is 22.7 Å². The van der Waals surface area contributed by atoms with Crippen LogP contribution in [0.2, 0.25) is 0 Å². The first-order chi connectivity index (χ1) is 9.92. The van der Waals surface area contributed by atoms with E-state index in [2.05, 4.69) is 47.1 Å². The van der Waals surface area contributed by atoms with Crippen molar-refractivity contribution in [1.82, 2.24) is 15.1 Å². The Morgan fingerprint density at radius 2 is 2.05 bits per heavy atom. The second kappa shape index (κ2) is 6.71. The lowest BCUT2D eigenvalue weighted by molar-refractivity contribution is 0.588. The van der Waals surface area contributed by atoms with Crippen LogP contribution in [-0.2, 0) is 6.54 Å². The molecule has 0 aliphatic carbocycles. The summed E-state index contributed by atoms with van der Waals surface area (Å²) >= 11 is 3.33. The number of hydrogen-bond donors (Lipinski definition) is 1. The molecule has 1 heterocycles. The Morgan fingerprint density at radius 3 is 2.67 bits per heavy atom. The Kier molecular flexibility index (Phi) is 5.17. The van der Waals surface area contributed by atoms with Crippen LogP contribution in [0, 0.1) is 19.7 Å². The average molecular weight is 354 g/mol. The van der Waals surface area contributed by atoms with E-state index in [9.17, 15) is 4.39 Å². The summed E-state index contributed by atoms with van der Waals surface area (Å²) in [6.45, 7) is 9.81. The zero-order valence-electron chi connectivity index (χ0n) is 12.9. The van der Waals surface area contributed by atoms with Crippen molar-refractivity contribution in [2.45, 2.75) is 40.3 Å². The van der Waals surface area contributed by atoms with Crippen LogP contribution in [0.25, 0.3) is 0 Å². The van der Waals surface area contributed by atoms with Gasteiger partial charge in [-0.3, -0.25) is 4.68 Å². The van der Waals surface area contributed by atoms with Crippen molar-refractivity contribution in [1.29, 1.82) is 0 Å². The third-order valence-electron chi connectivity index (χ3n) is 3.64. The minimum Gasteiger partial charge on any atom is -0.310 e. The molecule has 2 aromatic rings. The lowest BCUT2D eigenvalue weighted by Crippen LogP contribution is -2.19. The van der Waals surface area contributed by atoms with Crippen molar-refractivity contribution in [3.8, 4) is 0 Å². The Labute approximate surface area is 133 Å². The molecule has 0 aliphatic heterocycles. The number of hydrogen-bond acceptors (Lipinski definition) is 2. The molecule has 5 heteroatoms. The fraction of sp³-hybridized carbons (Fsp3) is 0.438. The molecule has 1 atom stereocenters. The summed E-state index contributed by atoms with van der Waals surface area (Å²) < 4.78 is 16.2. The molecule has 0 aliphatic rings. The quantitative estimate of drug-likeness (QED) is 0.875. The van der Waals surface area contributed by atoms with Gasteiger partial charge < -0.3 is 5.32 Å².